The molecule has 1 aromatic carbocycles. The lowest BCUT2D eigenvalue weighted by Crippen LogP contribution is -2.45. The van der Waals surface area contributed by atoms with Gasteiger partial charge >= 0.3 is 0 Å². The van der Waals surface area contributed by atoms with Crippen molar-refractivity contribution in [2.75, 3.05) is 13.7 Å². The lowest BCUT2D eigenvalue weighted by atomic mass is 9.90. The van der Waals surface area contributed by atoms with Gasteiger partial charge in [0.05, 0.1) is 29.8 Å². The Labute approximate surface area is 131 Å². The van der Waals surface area contributed by atoms with Gasteiger partial charge in [0.1, 0.15) is 0 Å². The first-order valence-electron chi connectivity index (χ1n) is 7.65. The molecule has 5 nitrogen and oxygen atoms in total. The molecule has 6 heteroatoms. The van der Waals surface area contributed by atoms with Gasteiger partial charge in [-0.25, -0.2) is 8.42 Å². The van der Waals surface area contributed by atoms with Crippen molar-refractivity contribution in [1.29, 1.82) is 0 Å². The number of fused-ring (bicyclic) bond motifs is 2. The summed E-state index contributed by atoms with van der Waals surface area (Å²) in [5.74, 6) is 1.29. The minimum absolute atomic E-state index is 0.334. The maximum absolute atomic E-state index is 12.1. The van der Waals surface area contributed by atoms with Crippen molar-refractivity contribution in [2.45, 2.75) is 48.2 Å². The van der Waals surface area contributed by atoms with Crippen LogP contribution in [-0.4, -0.2) is 43.3 Å². The zero-order valence-electron chi connectivity index (χ0n) is 12.7. The fraction of sp³-hybridized carbons (Fsp3) is 0.625. The molecule has 22 heavy (non-hydrogen) atoms. The van der Waals surface area contributed by atoms with E-state index in [0.717, 1.165) is 0 Å². The van der Waals surface area contributed by atoms with Crippen LogP contribution in [0.1, 0.15) is 32.1 Å². The zero-order chi connectivity index (χ0) is 15.8. The SMILES string of the molecule is COc1ccccc1OCCC1(O)CC2CCC(C1)S2(=O)=O. The molecule has 122 valence electrons. The summed E-state index contributed by atoms with van der Waals surface area (Å²) in [6.07, 6.45) is 2.47. The van der Waals surface area contributed by atoms with E-state index in [2.05, 4.69) is 0 Å². The Morgan fingerprint density at radius 1 is 1.18 bits per heavy atom. The Kier molecular flexibility index (Phi) is 4.07. The van der Waals surface area contributed by atoms with Crippen LogP contribution < -0.4 is 9.47 Å². The van der Waals surface area contributed by atoms with Gasteiger partial charge in [0.15, 0.2) is 21.3 Å². The van der Waals surface area contributed by atoms with Gasteiger partial charge in [-0.3, -0.25) is 0 Å². The van der Waals surface area contributed by atoms with E-state index in [1.54, 1.807) is 7.11 Å². The molecule has 1 aromatic rings. The van der Waals surface area contributed by atoms with Crippen molar-refractivity contribution in [2.24, 2.45) is 0 Å². The average Bonchev–Trinajstić information content (AvgIpc) is 2.66. The summed E-state index contributed by atoms with van der Waals surface area (Å²) in [7, 11) is -1.43. The van der Waals surface area contributed by atoms with Crippen LogP contribution in [0.15, 0.2) is 24.3 Å². The number of rotatable bonds is 5. The van der Waals surface area contributed by atoms with Crippen molar-refractivity contribution in [1.82, 2.24) is 0 Å². The van der Waals surface area contributed by atoms with E-state index in [1.165, 1.54) is 0 Å². The van der Waals surface area contributed by atoms with E-state index in [0.29, 0.717) is 50.2 Å². The number of methoxy groups -OCH3 is 1. The second kappa shape index (κ2) is 5.74. The van der Waals surface area contributed by atoms with E-state index >= 15 is 0 Å². The van der Waals surface area contributed by atoms with Crippen LogP contribution in [0.25, 0.3) is 0 Å². The molecule has 2 saturated heterocycles. The van der Waals surface area contributed by atoms with Crippen LogP contribution in [-0.2, 0) is 9.84 Å². The average molecular weight is 326 g/mol. The predicted molar refractivity (Wildman–Crippen MR) is 83.0 cm³/mol. The van der Waals surface area contributed by atoms with Crippen molar-refractivity contribution >= 4 is 9.84 Å². The number of sulfone groups is 1. The monoisotopic (exact) mass is 326 g/mol. The number of hydrogen-bond acceptors (Lipinski definition) is 5. The van der Waals surface area contributed by atoms with Crippen molar-refractivity contribution in [3.8, 4) is 11.5 Å². The minimum Gasteiger partial charge on any atom is -0.493 e. The third-order valence-corrected chi connectivity index (χ3v) is 7.51. The summed E-state index contributed by atoms with van der Waals surface area (Å²) in [5.41, 5.74) is -0.931. The molecule has 0 radical (unpaired) electrons. The van der Waals surface area contributed by atoms with E-state index in [1.807, 2.05) is 24.3 Å². The molecular weight excluding hydrogens is 304 g/mol. The maximum Gasteiger partial charge on any atom is 0.161 e. The lowest BCUT2D eigenvalue weighted by Gasteiger charge is -2.36. The zero-order valence-corrected chi connectivity index (χ0v) is 13.5. The standard InChI is InChI=1S/C16H22O5S/c1-20-14-4-2-3-5-15(14)21-9-8-16(17)10-12-6-7-13(11-16)22(12,18)19/h2-5,12-13,17H,6-11H2,1H3. The summed E-state index contributed by atoms with van der Waals surface area (Å²) < 4.78 is 35.1. The van der Waals surface area contributed by atoms with Gasteiger partial charge < -0.3 is 14.6 Å². The highest BCUT2D eigenvalue weighted by Crippen LogP contribution is 2.44. The number of ether oxygens (including phenoxy) is 2. The molecule has 0 spiro atoms. The molecule has 3 rings (SSSR count). The second-order valence-corrected chi connectivity index (χ2v) is 8.80. The van der Waals surface area contributed by atoms with Crippen molar-refractivity contribution < 1.29 is 23.0 Å². The summed E-state index contributed by atoms with van der Waals surface area (Å²) in [6, 6.07) is 7.36. The van der Waals surface area contributed by atoms with Gasteiger partial charge in [0, 0.05) is 6.42 Å². The van der Waals surface area contributed by atoms with Gasteiger partial charge in [-0.05, 0) is 37.8 Å². The van der Waals surface area contributed by atoms with E-state index < -0.39 is 15.4 Å². The van der Waals surface area contributed by atoms with Crippen LogP contribution in [0.4, 0.5) is 0 Å². The molecule has 0 saturated carbocycles. The Balaban J connectivity index is 1.60. The molecule has 2 aliphatic heterocycles. The first-order valence-corrected chi connectivity index (χ1v) is 9.26. The van der Waals surface area contributed by atoms with Gasteiger partial charge in [-0.2, -0.15) is 0 Å². The molecule has 0 aliphatic carbocycles. The number of para-hydroxylation sites is 2. The molecule has 2 atom stereocenters. The highest BCUT2D eigenvalue weighted by Gasteiger charge is 2.52. The first kappa shape index (κ1) is 15.6. The number of benzene rings is 1. The molecule has 2 bridgehead atoms. The van der Waals surface area contributed by atoms with Crippen LogP contribution in [0.3, 0.4) is 0 Å². The first-order chi connectivity index (χ1) is 10.4. The molecule has 2 heterocycles. The molecule has 1 N–H and O–H groups in total. The van der Waals surface area contributed by atoms with Gasteiger partial charge in [0.2, 0.25) is 0 Å². The number of aliphatic hydroxyl groups is 1. The Morgan fingerprint density at radius 3 is 2.36 bits per heavy atom. The quantitative estimate of drug-likeness (QED) is 0.895. The Bertz CT molecular complexity index is 620. The lowest BCUT2D eigenvalue weighted by molar-refractivity contribution is 0.00190. The maximum atomic E-state index is 12.1. The molecule has 2 unspecified atom stereocenters. The number of hydrogen-bond donors (Lipinski definition) is 1. The largest absolute Gasteiger partial charge is 0.493 e. The summed E-state index contributed by atoms with van der Waals surface area (Å²) in [6.45, 7) is 0.344. The third-order valence-electron chi connectivity index (χ3n) is 4.85. The third kappa shape index (κ3) is 2.82. The summed E-state index contributed by atoms with van der Waals surface area (Å²) in [5, 5.41) is 9.97. The van der Waals surface area contributed by atoms with Crippen LogP contribution in [0, 0.1) is 0 Å². The van der Waals surface area contributed by atoms with Gasteiger partial charge in [-0.15, -0.1) is 0 Å². The molecule has 2 aliphatic rings. The van der Waals surface area contributed by atoms with Crippen LogP contribution in [0.2, 0.25) is 0 Å². The smallest absolute Gasteiger partial charge is 0.161 e. The summed E-state index contributed by atoms with van der Waals surface area (Å²) in [4.78, 5) is 0. The Morgan fingerprint density at radius 2 is 1.77 bits per heavy atom. The van der Waals surface area contributed by atoms with Crippen molar-refractivity contribution in [3.05, 3.63) is 24.3 Å². The van der Waals surface area contributed by atoms with Gasteiger partial charge in [0.25, 0.3) is 0 Å². The highest BCUT2D eigenvalue weighted by molar-refractivity contribution is 7.93. The highest BCUT2D eigenvalue weighted by atomic mass is 32.2. The second-order valence-electron chi connectivity index (χ2n) is 6.29. The molecule has 2 fully saturated rings. The molecule has 0 aromatic heterocycles. The fourth-order valence-electron chi connectivity index (χ4n) is 3.63. The van der Waals surface area contributed by atoms with Crippen molar-refractivity contribution in [3.63, 3.8) is 0 Å². The minimum atomic E-state index is -3.01. The predicted octanol–water partition coefficient (Wildman–Crippen LogP) is 1.93. The topological polar surface area (TPSA) is 72.8 Å². The van der Waals surface area contributed by atoms with Crippen LogP contribution >= 0.6 is 0 Å². The fourth-order valence-corrected chi connectivity index (χ4v) is 6.19. The molecular formula is C16H22O5S. The Hall–Kier alpha value is -1.27. The normalized spacial score (nSPS) is 32.6. The van der Waals surface area contributed by atoms with E-state index in [-0.39, 0.29) is 10.5 Å². The molecule has 0 amide bonds. The van der Waals surface area contributed by atoms with E-state index in [9.17, 15) is 13.5 Å². The van der Waals surface area contributed by atoms with Gasteiger partial charge in [-0.1, -0.05) is 12.1 Å². The van der Waals surface area contributed by atoms with E-state index in [4.69, 9.17) is 9.47 Å². The summed E-state index contributed by atoms with van der Waals surface area (Å²) >= 11 is 0. The van der Waals surface area contributed by atoms with Crippen LogP contribution in [0.5, 0.6) is 11.5 Å².